The van der Waals surface area contributed by atoms with E-state index < -0.39 is 38.6 Å². The first-order chi connectivity index (χ1) is 14.1. The molecule has 3 aromatic carbocycles. The maximum absolute atomic E-state index is 14.1. The Labute approximate surface area is 183 Å². The third-order valence-corrected chi connectivity index (χ3v) is 4.80. The summed E-state index contributed by atoms with van der Waals surface area (Å²) in [6, 6.07) is 10.3. The molecule has 0 heterocycles. The van der Waals surface area contributed by atoms with Gasteiger partial charge in [0, 0.05) is 0 Å². The van der Waals surface area contributed by atoms with Gasteiger partial charge in [-0.1, -0.05) is 35.3 Å². The molecule has 0 bridgehead atoms. The second-order valence-electron chi connectivity index (χ2n) is 6.09. The fourth-order valence-electron chi connectivity index (χ4n) is 2.60. The Kier molecular flexibility index (Phi) is 6.65. The lowest BCUT2D eigenvalue weighted by Crippen LogP contribution is -2.09. The molecule has 158 valence electrons. The Hall–Kier alpha value is -2.22. The van der Waals surface area contributed by atoms with E-state index in [0.717, 1.165) is 5.39 Å². The molecule has 0 radical (unpaired) electrons. The van der Waals surface area contributed by atoms with Crippen LogP contribution in [0.4, 0.5) is 17.6 Å². The molecule has 10 heteroatoms. The van der Waals surface area contributed by atoms with Crippen LogP contribution in [0.25, 0.3) is 10.8 Å². The highest BCUT2D eigenvalue weighted by molar-refractivity contribution is 6.63. The van der Waals surface area contributed by atoms with Gasteiger partial charge in [-0.25, -0.2) is 4.39 Å². The minimum Gasteiger partial charge on any atom is -0.493 e. The minimum atomic E-state index is -4.96. The summed E-state index contributed by atoms with van der Waals surface area (Å²) in [6.07, 6.45) is -4.91. The van der Waals surface area contributed by atoms with E-state index in [1.54, 1.807) is 30.3 Å². The first kappa shape index (κ1) is 22.5. The number of alkyl halides is 3. The molecule has 30 heavy (non-hydrogen) atoms. The van der Waals surface area contributed by atoms with Crippen molar-refractivity contribution in [1.29, 1.82) is 0 Å². The molecule has 0 atom stereocenters. The second-order valence-corrected chi connectivity index (χ2v) is 7.29. The van der Waals surface area contributed by atoms with Gasteiger partial charge in [0.25, 0.3) is 0 Å². The summed E-state index contributed by atoms with van der Waals surface area (Å²) in [5.74, 6) is -1.47. The molecule has 0 unspecified atom stereocenters. The Morgan fingerprint density at radius 3 is 2.23 bits per heavy atom. The van der Waals surface area contributed by atoms with E-state index in [1.807, 2.05) is 0 Å². The number of carbonyl (C=O) groups excluding carboxylic acids is 1. The summed E-state index contributed by atoms with van der Waals surface area (Å²) in [5, 5.41) is -0.431. The van der Waals surface area contributed by atoms with Crippen LogP contribution in [0.5, 0.6) is 17.2 Å². The first-order valence-corrected chi connectivity index (χ1v) is 9.47. The highest BCUT2D eigenvalue weighted by Gasteiger charge is 2.37. The zero-order valence-electron chi connectivity index (χ0n) is 14.8. The predicted octanol–water partition coefficient (Wildman–Crippen LogP) is 7.63. The average molecular weight is 482 g/mol. The van der Waals surface area contributed by atoms with Crippen LogP contribution in [-0.2, 0) is 11.0 Å². The molecule has 0 aliphatic heterocycles. The van der Waals surface area contributed by atoms with Crippen LogP contribution in [0.2, 0.25) is 10.0 Å². The highest BCUT2D eigenvalue weighted by atomic mass is 35.5. The van der Waals surface area contributed by atoms with Crippen LogP contribution in [0.1, 0.15) is 12.0 Å². The third kappa shape index (κ3) is 5.09. The minimum absolute atomic E-state index is 0.0409. The fourth-order valence-corrected chi connectivity index (χ4v) is 3.21. The van der Waals surface area contributed by atoms with Gasteiger partial charge in [-0.2, -0.15) is 13.2 Å². The van der Waals surface area contributed by atoms with Gasteiger partial charge in [-0.05, 0) is 52.7 Å². The number of ether oxygens (including phenoxy) is 2. The van der Waals surface area contributed by atoms with Gasteiger partial charge in [-0.3, -0.25) is 4.79 Å². The Morgan fingerprint density at radius 2 is 1.60 bits per heavy atom. The Bertz CT molecular complexity index is 1120. The van der Waals surface area contributed by atoms with Crippen molar-refractivity contribution in [3.05, 3.63) is 63.9 Å². The Morgan fingerprint density at radius 1 is 0.967 bits per heavy atom. The number of benzene rings is 3. The van der Waals surface area contributed by atoms with Crippen LogP contribution in [0.3, 0.4) is 0 Å². The molecule has 3 rings (SSSR count). The van der Waals surface area contributed by atoms with E-state index in [9.17, 15) is 22.4 Å². The van der Waals surface area contributed by atoms with Crippen LogP contribution in [0, 0.1) is 5.82 Å². The molecule has 0 amide bonds. The van der Waals surface area contributed by atoms with Gasteiger partial charge in [0.1, 0.15) is 16.5 Å². The number of hydrogen-bond donors (Lipinski definition) is 0. The molecular weight excluding hydrogens is 471 g/mol. The zero-order chi connectivity index (χ0) is 22.1. The molecule has 0 saturated carbocycles. The van der Waals surface area contributed by atoms with Gasteiger partial charge in [-0.15, -0.1) is 0 Å². The topological polar surface area (TPSA) is 35.5 Å². The van der Waals surface area contributed by atoms with Gasteiger partial charge in [0.05, 0.1) is 23.6 Å². The largest absolute Gasteiger partial charge is 0.493 e. The third-order valence-electron chi connectivity index (χ3n) is 3.99. The van der Waals surface area contributed by atoms with Crippen LogP contribution >= 0.6 is 34.8 Å². The summed E-state index contributed by atoms with van der Waals surface area (Å²) in [4.78, 5) is 10.8. The molecule has 0 N–H and O–H groups in total. The van der Waals surface area contributed by atoms with E-state index in [4.69, 9.17) is 44.3 Å². The standard InChI is InChI=1S/C20H11Cl3F4O3/c21-15-9-14(20(25,26)27)18(24)17(23)19(15)30-13-4-2-10-1-3-12(7-11(10)8-13)29-6-5-16(22)28/h1-4,7-9H,5-6H2. The van der Waals surface area contributed by atoms with Crippen molar-refractivity contribution in [2.45, 2.75) is 12.6 Å². The van der Waals surface area contributed by atoms with Gasteiger partial charge < -0.3 is 9.47 Å². The lowest BCUT2D eigenvalue weighted by molar-refractivity contribution is -0.140. The summed E-state index contributed by atoms with van der Waals surface area (Å²) < 4.78 is 63.6. The van der Waals surface area contributed by atoms with E-state index in [0.29, 0.717) is 17.2 Å². The average Bonchev–Trinajstić information content (AvgIpc) is 2.66. The maximum Gasteiger partial charge on any atom is 0.419 e. The second kappa shape index (κ2) is 8.88. The van der Waals surface area contributed by atoms with Gasteiger partial charge in [0.15, 0.2) is 11.6 Å². The van der Waals surface area contributed by atoms with Crippen molar-refractivity contribution in [1.82, 2.24) is 0 Å². The first-order valence-electron chi connectivity index (χ1n) is 8.34. The zero-order valence-corrected chi connectivity index (χ0v) is 17.1. The molecule has 0 saturated heterocycles. The van der Waals surface area contributed by atoms with E-state index in [-0.39, 0.29) is 18.8 Å². The van der Waals surface area contributed by atoms with Crippen molar-refractivity contribution in [2.75, 3.05) is 6.61 Å². The number of halogens is 7. The molecule has 0 aliphatic rings. The van der Waals surface area contributed by atoms with Crippen LogP contribution in [-0.4, -0.2) is 11.8 Å². The number of fused-ring (bicyclic) bond motifs is 1. The molecule has 0 aliphatic carbocycles. The van der Waals surface area contributed by atoms with Gasteiger partial charge in [0.2, 0.25) is 5.24 Å². The summed E-state index contributed by atoms with van der Waals surface area (Å²) >= 11 is 16.9. The number of rotatable bonds is 6. The maximum atomic E-state index is 14.1. The quantitative estimate of drug-likeness (QED) is 0.206. The number of carbonyl (C=O) groups is 1. The Balaban J connectivity index is 1.90. The summed E-state index contributed by atoms with van der Waals surface area (Å²) in [7, 11) is 0. The monoisotopic (exact) mass is 480 g/mol. The van der Waals surface area contributed by atoms with Gasteiger partial charge >= 0.3 is 6.18 Å². The molecule has 0 spiro atoms. The van der Waals surface area contributed by atoms with E-state index in [1.165, 1.54) is 6.07 Å². The molecule has 3 aromatic rings. The van der Waals surface area contributed by atoms with Crippen LogP contribution in [0.15, 0.2) is 42.5 Å². The van der Waals surface area contributed by atoms with Crippen molar-refractivity contribution in [2.24, 2.45) is 0 Å². The SMILES string of the molecule is O=C(Cl)CCOc1ccc2ccc(Oc3c(Cl)cc(C(F)(F)F)c(F)c3Cl)cc2c1. The summed E-state index contributed by atoms with van der Waals surface area (Å²) in [6.45, 7) is 0.0973. The van der Waals surface area contributed by atoms with Crippen molar-refractivity contribution < 1.29 is 31.8 Å². The lowest BCUT2D eigenvalue weighted by atomic mass is 10.1. The normalized spacial score (nSPS) is 11.6. The summed E-state index contributed by atoms with van der Waals surface area (Å²) in [5.41, 5.74) is -1.58. The van der Waals surface area contributed by atoms with E-state index in [2.05, 4.69) is 0 Å². The number of hydrogen-bond acceptors (Lipinski definition) is 3. The lowest BCUT2D eigenvalue weighted by Gasteiger charge is -2.15. The molecular formula is C20H11Cl3F4O3. The predicted molar refractivity (Wildman–Crippen MR) is 106 cm³/mol. The van der Waals surface area contributed by atoms with E-state index >= 15 is 0 Å². The smallest absolute Gasteiger partial charge is 0.419 e. The molecule has 3 nitrogen and oxygen atoms in total. The van der Waals surface area contributed by atoms with Crippen molar-refractivity contribution in [3.8, 4) is 17.2 Å². The van der Waals surface area contributed by atoms with Crippen molar-refractivity contribution in [3.63, 3.8) is 0 Å². The fraction of sp³-hybridized carbons (Fsp3) is 0.150. The molecule has 0 fully saturated rings. The van der Waals surface area contributed by atoms with Crippen LogP contribution < -0.4 is 9.47 Å². The molecule has 0 aromatic heterocycles. The van der Waals surface area contributed by atoms with Crippen molar-refractivity contribution >= 4 is 50.8 Å². The highest BCUT2D eigenvalue weighted by Crippen LogP contribution is 2.44.